The van der Waals surface area contributed by atoms with E-state index in [4.69, 9.17) is 4.74 Å². The summed E-state index contributed by atoms with van der Waals surface area (Å²) in [4.78, 5) is 14.1. The number of aromatic nitrogens is 1. The molecule has 1 aliphatic heterocycles. The Morgan fingerprint density at radius 1 is 1.18 bits per heavy atom. The molecule has 0 saturated carbocycles. The van der Waals surface area contributed by atoms with Gasteiger partial charge in [0.2, 0.25) is 0 Å². The second-order valence-electron chi connectivity index (χ2n) is 5.31. The van der Waals surface area contributed by atoms with Gasteiger partial charge in [-0.1, -0.05) is 0 Å². The Morgan fingerprint density at radius 3 is 2.59 bits per heavy atom. The van der Waals surface area contributed by atoms with Gasteiger partial charge in [0, 0.05) is 11.6 Å². The van der Waals surface area contributed by atoms with Crippen molar-refractivity contribution in [3.8, 4) is 5.75 Å². The molecule has 2 heterocycles. The Morgan fingerprint density at radius 2 is 1.91 bits per heavy atom. The lowest BCUT2D eigenvalue weighted by Crippen LogP contribution is -2.34. The van der Waals surface area contributed by atoms with Crippen LogP contribution in [0, 0.1) is 0 Å². The molecule has 0 unspecified atom stereocenters. The van der Waals surface area contributed by atoms with Crippen molar-refractivity contribution < 1.29 is 17.9 Å². The van der Waals surface area contributed by atoms with Gasteiger partial charge in [0.05, 0.1) is 5.56 Å². The maximum absolute atomic E-state index is 13.3. The Balaban J connectivity index is 2.08. The molecule has 0 radical (unpaired) electrons. The normalized spacial score (nSPS) is 16.9. The number of aromatic amines is 1. The van der Waals surface area contributed by atoms with Crippen LogP contribution in [0.3, 0.4) is 0 Å². The van der Waals surface area contributed by atoms with Crippen molar-refractivity contribution in [2.45, 2.75) is 25.1 Å². The highest BCUT2D eigenvalue weighted by molar-refractivity contribution is 5.84. The van der Waals surface area contributed by atoms with Crippen molar-refractivity contribution >= 4 is 10.8 Å². The SMILES string of the molecule is O=c1[nH]ccc2cc(OC3CCNCC3)c(C(F)(F)F)cc12. The van der Waals surface area contributed by atoms with Gasteiger partial charge >= 0.3 is 6.18 Å². The van der Waals surface area contributed by atoms with Crippen molar-refractivity contribution in [3.63, 3.8) is 0 Å². The zero-order valence-electron chi connectivity index (χ0n) is 11.7. The molecule has 1 aromatic carbocycles. The lowest BCUT2D eigenvalue weighted by Gasteiger charge is -2.25. The molecule has 2 aromatic rings. The number of benzene rings is 1. The smallest absolute Gasteiger partial charge is 0.419 e. The van der Waals surface area contributed by atoms with Crippen LogP contribution in [-0.2, 0) is 6.18 Å². The van der Waals surface area contributed by atoms with E-state index in [0.717, 1.165) is 19.2 Å². The van der Waals surface area contributed by atoms with E-state index in [-0.39, 0.29) is 17.2 Å². The second kappa shape index (κ2) is 5.64. The summed E-state index contributed by atoms with van der Waals surface area (Å²) in [5.74, 6) is -0.211. The highest BCUT2D eigenvalue weighted by Gasteiger charge is 2.35. The molecule has 4 nitrogen and oxygen atoms in total. The first kappa shape index (κ1) is 14.9. The van der Waals surface area contributed by atoms with Crippen LogP contribution in [0.5, 0.6) is 5.75 Å². The number of fused-ring (bicyclic) bond motifs is 1. The number of piperidine rings is 1. The third-order valence-corrected chi connectivity index (χ3v) is 3.76. The number of halogens is 3. The molecule has 3 rings (SSSR count). The number of H-pyrrole nitrogens is 1. The number of pyridine rings is 1. The number of ether oxygens (including phenoxy) is 1. The Labute approximate surface area is 124 Å². The predicted octanol–water partition coefficient (Wildman–Crippen LogP) is 2.68. The fourth-order valence-electron chi connectivity index (χ4n) is 2.63. The van der Waals surface area contributed by atoms with Crippen LogP contribution in [0.25, 0.3) is 10.8 Å². The molecule has 1 aliphatic rings. The van der Waals surface area contributed by atoms with Gasteiger partial charge in [0.25, 0.3) is 5.56 Å². The molecule has 1 fully saturated rings. The first-order valence-electron chi connectivity index (χ1n) is 7.05. The van der Waals surface area contributed by atoms with Crippen LogP contribution in [0.15, 0.2) is 29.2 Å². The van der Waals surface area contributed by atoms with Crippen LogP contribution < -0.4 is 15.6 Å². The predicted molar refractivity (Wildman–Crippen MR) is 76.1 cm³/mol. The molecular formula is C15H15F3N2O2. The van der Waals surface area contributed by atoms with Gasteiger partial charge in [0.15, 0.2) is 0 Å². The van der Waals surface area contributed by atoms with Gasteiger partial charge in [-0.25, -0.2) is 0 Å². The van der Waals surface area contributed by atoms with Crippen molar-refractivity contribution in [2.75, 3.05) is 13.1 Å². The van der Waals surface area contributed by atoms with Gasteiger partial charge in [-0.05, 0) is 49.5 Å². The number of hydrogen-bond acceptors (Lipinski definition) is 3. The monoisotopic (exact) mass is 312 g/mol. The van der Waals surface area contributed by atoms with E-state index in [0.29, 0.717) is 18.2 Å². The molecule has 118 valence electrons. The van der Waals surface area contributed by atoms with E-state index in [2.05, 4.69) is 10.3 Å². The lowest BCUT2D eigenvalue weighted by molar-refractivity contribution is -0.139. The highest BCUT2D eigenvalue weighted by atomic mass is 19.4. The molecule has 22 heavy (non-hydrogen) atoms. The highest BCUT2D eigenvalue weighted by Crippen LogP contribution is 2.39. The van der Waals surface area contributed by atoms with Crippen LogP contribution >= 0.6 is 0 Å². The molecule has 1 aromatic heterocycles. The lowest BCUT2D eigenvalue weighted by atomic mass is 10.1. The summed E-state index contributed by atoms with van der Waals surface area (Å²) in [6.45, 7) is 1.44. The molecule has 0 bridgehead atoms. The van der Waals surface area contributed by atoms with E-state index < -0.39 is 17.3 Å². The average molecular weight is 312 g/mol. The van der Waals surface area contributed by atoms with E-state index in [1.165, 1.54) is 12.3 Å². The number of hydrogen-bond donors (Lipinski definition) is 2. The van der Waals surface area contributed by atoms with E-state index in [1.807, 2.05) is 0 Å². The molecular weight excluding hydrogens is 297 g/mol. The van der Waals surface area contributed by atoms with Crippen molar-refractivity contribution in [2.24, 2.45) is 0 Å². The van der Waals surface area contributed by atoms with Gasteiger partial charge in [-0.15, -0.1) is 0 Å². The van der Waals surface area contributed by atoms with Gasteiger partial charge in [-0.2, -0.15) is 13.2 Å². The Bertz CT molecular complexity index is 734. The zero-order chi connectivity index (χ0) is 15.7. The van der Waals surface area contributed by atoms with Crippen LogP contribution in [0.2, 0.25) is 0 Å². The molecule has 0 amide bonds. The summed E-state index contributed by atoms with van der Waals surface area (Å²) in [5.41, 5.74) is -1.45. The van der Waals surface area contributed by atoms with Crippen molar-refractivity contribution in [3.05, 3.63) is 40.3 Å². The number of nitrogens with one attached hydrogen (secondary N) is 2. The van der Waals surface area contributed by atoms with Gasteiger partial charge in [-0.3, -0.25) is 4.79 Å². The maximum atomic E-state index is 13.3. The molecule has 0 atom stereocenters. The number of rotatable bonds is 2. The summed E-state index contributed by atoms with van der Waals surface area (Å²) in [7, 11) is 0. The van der Waals surface area contributed by atoms with Crippen LogP contribution in [0.4, 0.5) is 13.2 Å². The molecule has 7 heteroatoms. The fourth-order valence-corrected chi connectivity index (χ4v) is 2.63. The topological polar surface area (TPSA) is 54.1 Å². The first-order valence-corrected chi connectivity index (χ1v) is 7.05. The maximum Gasteiger partial charge on any atom is 0.419 e. The summed E-state index contributed by atoms with van der Waals surface area (Å²) in [6, 6.07) is 3.73. The van der Waals surface area contributed by atoms with Gasteiger partial charge in [0.1, 0.15) is 11.9 Å². The number of alkyl halides is 3. The molecule has 0 aliphatic carbocycles. The molecule has 0 spiro atoms. The third-order valence-electron chi connectivity index (χ3n) is 3.76. The van der Waals surface area contributed by atoms with E-state index in [1.54, 1.807) is 6.07 Å². The quantitative estimate of drug-likeness (QED) is 0.896. The Kier molecular flexibility index (Phi) is 3.82. The van der Waals surface area contributed by atoms with Crippen molar-refractivity contribution in [1.29, 1.82) is 0 Å². The largest absolute Gasteiger partial charge is 0.490 e. The summed E-state index contributed by atoms with van der Waals surface area (Å²) < 4.78 is 45.4. The standard InChI is InChI=1S/C15H15F3N2O2/c16-15(17,18)12-8-11-9(1-6-20-14(11)21)7-13(12)22-10-2-4-19-5-3-10/h1,6-8,10,19H,2-5H2,(H,20,21). The third kappa shape index (κ3) is 2.94. The van der Waals surface area contributed by atoms with E-state index in [9.17, 15) is 18.0 Å². The molecule has 1 saturated heterocycles. The molecule has 2 N–H and O–H groups in total. The fraction of sp³-hybridized carbons (Fsp3) is 0.400. The minimum absolute atomic E-state index is 0.00693. The average Bonchev–Trinajstić information content (AvgIpc) is 2.47. The van der Waals surface area contributed by atoms with Gasteiger partial charge < -0.3 is 15.0 Å². The second-order valence-corrected chi connectivity index (χ2v) is 5.31. The first-order chi connectivity index (χ1) is 10.4. The van der Waals surface area contributed by atoms with Crippen LogP contribution in [0.1, 0.15) is 18.4 Å². The summed E-state index contributed by atoms with van der Waals surface area (Å²) in [6.07, 6.45) is -2.10. The Hall–Kier alpha value is -2.02. The summed E-state index contributed by atoms with van der Waals surface area (Å²) in [5, 5.41) is 3.57. The zero-order valence-corrected chi connectivity index (χ0v) is 11.7. The summed E-state index contributed by atoms with van der Waals surface area (Å²) >= 11 is 0. The van der Waals surface area contributed by atoms with E-state index >= 15 is 0 Å². The van der Waals surface area contributed by atoms with Crippen LogP contribution in [-0.4, -0.2) is 24.2 Å². The minimum Gasteiger partial charge on any atom is -0.490 e. The minimum atomic E-state index is -4.57. The van der Waals surface area contributed by atoms with Crippen molar-refractivity contribution in [1.82, 2.24) is 10.3 Å².